The number of hydrogen-bond donors (Lipinski definition) is 2. The molecule has 0 radical (unpaired) electrons. The Hall–Kier alpha value is -1.96. The maximum atomic E-state index is 13.6. The van der Waals surface area contributed by atoms with Crippen molar-refractivity contribution in [2.75, 3.05) is 30.8 Å². The third-order valence-electron chi connectivity index (χ3n) is 3.49. The first kappa shape index (κ1) is 20.4. The summed E-state index contributed by atoms with van der Waals surface area (Å²) in [5.41, 5.74) is 1.63. The van der Waals surface area contributed by atoms with Crippen LogP contribution in [0.4, 0.5) is 15.8 Å². The molecule has 0 heterocycles. The predicted molar refractivity (Wildman–Crippen MR) is 105 cm³/mol. The lowest BCUT2D eigenvalue weighted by atomic mass is 10.2. The number of aryl methyl sites for hydroxylation is 1. The van der Waals surface area contributed by atoms with E-state index < -0.39 is 11.7 Å². The smallest absolute Gasteiger partial charge is 0.238 e. The van der Waals surface area contributed by atoms with Crippen LogP contribution in [0.3, 0.4) is 0 Å². The largest absolute Gasteiger partial charge is 0.325 e. The summed E-state index contributed by atoms with van der Waals surface area (Å²) in [4.78, 5) is 25.7. The number of anilines is 2. The Kier molecular flexibility index (Phi) is 7.14. The van der Waals surface area contributed by atoms with Crippen LogP contribution in [0.1, 0.15) is 5.56 Å². The minimum Gasteiger partial charge on any atom is -0.325 e. The molecule has 0 aliphatic carbocycles. The predicted octanol–water partition coefficient (Wildman–Crippen LogP) is 4.06. The van der Waals surface area contributed by atoms with Crippen molar-refractivity contribution in [3.63, 3.8) is 0 Å². The molecule has 0 fully saturated rings. The second kappa shape index (κ2) is 9.12. The fourth-order valence-corrected chi connectivity index (χ4v) is 2.93. The molecule has 2 N–H and O–H groups in total. The number of nitrogens with zero attached hydrogens (tertiary/aromatic N) is 1. The Morgan fingerprint density at radius 3 is 2.31 bits per heavy atom. The number of amides is 2. The highest BCUT2D eigenvalue weighted by Crippen LogP contribution is 2.20. The van der Waals surface area contributed by atoms with E-state index in [-0.39, 0.29) is 24.7 Å². The van der Waals surface area contributed by atoms with E-state index in [1.165, 1.54) is 23.1 Å². The molecule has 2 rings (SSSR count). The van der Waals surface area contributed by atoms with Crippen LogP contribution in [0, 0.1) is 12.7 Å². The zero-order valence-electron chi connectivity index (χ0n) is 14.3. The van der Waals surface area contributed by atoms with Crippen molar-refractivity contribution >= 4 is 50.7 Å². The highest BCUT2D eigenvalue weighted by molar-refractivity contribution is 9.10. The number of rotatable bonds is 6. The number of halogens is 3. The Morgan fingerprint density at radius 1 is 1.08 bits per heavy atom. The van der Waals surface area contributed by atoms with E-state index in [2.05, 4.69) is 26.6 Å². The summed E-state index contributed by atoms with van der Waals surface area (Å²) in [6.45, 7) is 1.83. The minimum atomic E-state index is -0.575. The number of hydrogen-bond acceptors (Lipinski definition) is 3. The molecule has 0 aromatic heterocycles. The second-order valence-electron chi connectivity index (χ2n) is 5.85. The molecular formula is C18H18BrClFN3O2. The van der Waals surface area contributed by atoms with Gasteiger partial charge in [-0.2, -0.15) is 0 Å². The zero-order valence-corrected chi connectivity index (χ0v) is 16.6. The van der Waals surface area contributed by atoms with Gasteiger partial charge < -0.3 is 10.6 Å². The van der Waals surface area contributed by atoms with Gasteiger partial charge >= 0.3 is 0 Å². The van der Waals surface area contributed by atoms with E-state index in [9.17, 15) is 14.0 Å². The van der Waals surface area contributed by atoms with Crippen LogP contribution >= 0.6 is 27.5 Å². The monoisotopic (exact) mass is 441 g/mol. The number of carbonyl (C=O) groups is 2. The van der Waals surface area contributed by atoms with Crippen LogP contribution in [0.2, 0.25) is 5.02 Å². The summed E-state index contributed by atoms with van der Waals surface area (Å²) in [5, 5.41) is 5.56. The van der Waals surface area contributed by atoms with Crippen molar-refractivity contribution in [2.45, 2.75) is 6.92 Å². The quantitative estimate of drug-likeness (QED) is 0.709. The van der Waals surface area contributed by atoms with Crippen molar-refractivity contribution in [3.8, 4) is 0 Å². The first-order valence-electron chi connectivity index (χ1n) is 7.74. The van der Waals surface area contributed by atoms with E-state index in [1.807, 2.05) is 19.1 Å². The second-order valence-corrected chi connectivity index (χ2v) is 7.20. The van der Waals surface area contributed by atoms with Gasteiger partial charge in [0.15, 0.2) is 0 Å². The first-order chi connectivity index (χ1) is 12.2. The van der Waals surface area contributed by atoms with Gasteiger partial charge in [-0.15, -0.1) is 0 Å². The number of carbonyl (C=O) groups excluding carboxylic acids is 2. The van der Waals surface area contributed by atoms with E-state index >= 15 is 0 Å². The minimum absolute atomic E-state index is 0.00541. The Balaban J connectivity index is 1.87. The van der Waals surface area contributed by atoms with E-state index in [1.54, 1.807) is 13.1 Å². The normalized spacial score (nSPS) is 10.7. The van der Waals surface area contributed by atoms with Gasteiger partial charge in [0, 0.05) is 15.2 Å². The molecule has 2 aromatic carbocycles. The van der Waals surface area contributed by atoms with Gasteiger partial charge in [0.05, 0.1) is 18.8 Å². The van der Waals surface area contributed by atoms with Gasteiger partial charge in [0.25, 0.3) is 0 Å². The summed E-state index contributed by atoms with van der Waals surface area (Å²) in [5.74, 6) is -1.27. The van der Waals surface area contributed by atoms with Crippen molar-refractivity contribution in [2.24, 2.45) is 0 Å². The van der Waals surface area contributed by atoms with Gasteiger partial charge in [-0.05, 0) is 55.9 Å². The average molecular weight is 443 g/mol. The highest BCUT2D eigenvalue weighted by Gasteiger charge is 2.13. The van der Waals surface area contributed by atoms with Crippen molar-refractivity contribution in [1.29, 1.82) is 0 Å². The Labute approximate surface area is 164 Å². The van der Waals surface area contributed by atoms with Gasteiger partial charge in [-0.25, -0.2) is 4.39 Å². The van der Waals surface area contributed by atoms with E-state index in [0.29, 0.717) is 10.7 Å². The van der Waals surface area contributed by atoms with Gasteiger partial charge in [-0.3, -0.25) is 14.5 Å². The van der Waals surface area contributed by atoms with Crippen LogP contribution in [0.5, 0.6) is 0 Å². The van der Waals surface area contributed by atoms with Crippen molar-refractivity contribution in [3.05, 3.63) is 57.3 Å². The maximum absolute atomic E-state index is 13.6. The molecule has 0 saturated heterocycles. The fourth-order valence-electron chi connectivity index (χ4n) is 2.29. The van der Waals surface area contributed by atoms with Crippen molar-refractivity contribution < 1.29 is 14.0 Å². The Bertz CT molecular complexity index is 832. The molecule has 2 aromatic rings. The number of nitrogens with one attached hydrogen (secondary N) is 2. The molecule has 2 amide bonds. The summed E-state index contributed by atoms with van der Waals surface area (Å²) < 4.78 is 14.6. The molecule has 0 unspecified atom stereocenters. The molecule has 0 atom stereocenters. The molecule has 5 nitrogen and oxygen atoms in total. The molecule has 26 heavy (non-hydrogen) atoms. The molecule has 0 aliphatic heterocycles. The molecular weight excluding hydrogens is 425 g/mol. The zero-order chi connectivity index (χ0) is 19.3. The maximum Gasteiger partial charge on any atom is 0.238 e. The third-order valence-corrected chi connectivity index (χ3v) is 4.22. The molecule has 0 bridgehead atoms. The molecule has 0 aliphatic rings. The van der Waals surface area contributed by atoms with Crippen LogP contribution in [0.15, 0.2) is 40.9 Å². The van der Waals surface area contributed by atoms with Gasteiger partial charge in [-0.1, -0.05) is 27.5 Å². The van der Waals surface area contributed by atoms with Gasteiger partial charge in [0.2, 0.25) is 11.8 Å². The number of likely N-dealkylation sites (N-methyl/N-ethyl adjacent to an activating group) is 1. The number of benzene rings is 2. The van der Waals surface area contributed by atoms with Crippen LogP contribution in [0.25, 0.3) is 0 Å². The summed E-state index contributed by atoms with van der Waals surface area (Å²) >= 11 is 9.16. The fraction of sp³-hybridized carbons (Fsp3) is 0.222. The van der Waals surface area contributed by atoms with E-state index in [4.69, 9.17) is 11.6 Å². The lowest BCUT2D eigenvalue weighted by Gasteiger charge is -2.17. The van der Waals surface area contributed by atoms with Crippen LogP contribution < -0.4 is 10.6 Å². The average Bonchev–Trinajstić information content (AvgIpc) is 2.53. The molecule has 8 heteroatoms. The lowest BCUT2D eigenvalue weighted by Crippen LogP contribution is -2.36. The summed E-state index contributed by atoms with van der Waals surface area (Å²) in [6, 6.07) is 9.43. The summed E-state index contributed by atoms with van der Waals surface area (Å²) in [7, 11) is 1.63. The SMILES string of the molecule is Cc1cc(Br)ccc1NC(=O)CN(C)CC(=O)Nc1cc(Cl)ccc1F. The third kappa shape index (κ3) is 6.09. The Morgan fingerprint density at radius 2 is 1.69 bits per heavy atom. The van der Waals surface area contributed by atoms with E-state index in [0.717, 1.165) is 10.0 Å². The molecule has 0 spiro atoms. The van der Waals surface area contributed by atoms with Gasteiger partial charge in [0.1, 0.15) is 5.82 Å². The molecule has 0 saturated carbocycles. The van der Waals surface area contributed by atoms with Crippen LogP contribution in [-0.4, -0.2) is 36.9 Å². The lowest BCUT2D eigenvalue weighted by molar-refractivity contribution is -0.119. The highest BCUT2D eigenvalue weighted by atomic mass is 79.9. The molecule has 138 valence electrons. The first-order valence-corrected chi connectivity index (χ1v) is 8.91. The topological polar surface area (TPSA) is 61.4 Å². The van der Waals surface area contributed by atoms with Crippen LogP contribution in [-0.2, 0) is 9.59 Å². The van der Waals surface area contributed by atoms with Crippen molar-refractivity contribution in [1.82, 2.24) is 4.90 Å². The summed E-state index contributed by atoms with van der Waals surface area (Å²) in [6.07, 6.45) is 0. The standard InChI is InChI=1S/C18H18BrClFN3O2/c1-11-7-12(19)3-6-15(11)22-17(25)9-24(2)10-18(26)23-16-8-13(20)4-5-14(16)21/h3-8H,9-10H2,1-2H3,(H,22,25)(H,23,26).